The lowest BCUT2D eigenvalue weighted by molar-refractivity contribution is 0.741. The van der Waals surface area contributed by atoms with E-state index in [1.165, 1.54) is 0 Å². The van der Waals surface area contributed by atoms with E-state index in [1.54, 1.807) is 5.87 Å². The van der Waals surface area contributed by atoms with Crippen LogP contribution in [-0.4, -0.2) is 24.8 Å². The average Bonchev–Trinajstić information content (AvgIpc) is 2.09. The summed E-state index contributed by atoms with van der Waals surface area (Å²) in [5, 5.41) is 13.7. The van der Waals surface area contributed by atoms with E-state index in [4.69, 9.17) is 5.41 Å². The smallest absolute Gasteiger partial charge is 0.168 e. The van der Waals surface area contributed by atoms with Gasteiger partial charge in [-0.15, -0.1) is 4.91 Å². The second-order valence-electron chi connectivity index (χ2n) is 2.06. The highest BCUT2D eigenvalue weighted by Crippen LogP contribution is 1.98. The molecule has 0 aliphatic carbocycles. The number of hydrogen-bond donors (Lipinski definition) is 1. The van der Waals surface area contributed by atoms with Crippen molar-refractivity contribution in [2.75, 3.05) is 13.1 Å². The highest BCUT2D eigenvalue weighted by atomic mass is 16.3. The molecule has 0 fully saturated rings. The minimum absolute atomic E-state index is 0.162. The molecule has 0 aromatic rings. The molecule has 0 aromatic heterocycles. The van der Waals surface area contributed by atoms with Gasteiger partial charge in [-0.3, -0.25) is 4.99 Å². The second kappa shape index (κ2) is 3.63. The van der Waals surface area contributed by atoms with Crippen molar-refractivity contribution < 1.29 is 0 Å². The van der Waals surface area contributed by atoms with Gasteiger partial charge in [0.15, 0.2) is 11.5 Å². The third-order valence-corrected chi connectivity index (χ3v) is 1.32. The van der Waals surface area contributed by atoms with Gasteiger partial charge in [-0.05, 0) is 11.6 Å². The number of rotatable bonds is 2. The predicted octanol–water partition coefficient (Wildman–Crippen LogP) is 0.268. The molecule has 0 radical (unpaired) electrons. The first kappa shape index (κ1) is 7.63. The molecule has 0 bridgehead atoms. The van der Waals surface area contributed by atoms with Crippen LogP contribution in [0.25, 0.3) is 5.41 Å². The van der Waals surface area contributed by atoms with Gasteiger partial charge >= 0.3 is 0 Å². The predicted molar refractivity (Wildman–Crippen MR) is 42.6 cm³/mol. The highest BCUT2D eigenvalue weighted by Gasteiger charge is 2.07. The molecule has 0 saturated carbocycles. The Morgan fingerprint density at radius 3 is 3.09 bits per heavy atom. The van der Waals surface area contributed by atoms with E-state index in [0.29, 0.717) is 12.4 Å². The van der Waals surface area contributed by atoms with Crippen molar-refractivity contribution in [3.63, 3.8) is 0 Å². The summed E-state index contributed by atoms with van der Waals surface area (Å²) in [4.78, 5) is 13.9. The van der Waals surface area contributed by atoms with Crippen LogP contribution in [0.15, 0.2) is 15.9 Å². The van der Waals surface area contributed by atoms with Crippen LogP contribution in [0.2, 0.25) is 0 Å². The number of nitrogens with one attached hydrogen (secondary N) is 1. The van der Waals surface area contributed by atoms with Crippen molar-refractivity contribution in [2.45, 2.75) is 6.42 Å². The molecule has 0 aromatic carbocycles. The van der Waals surface area contributed by atoms with Crippen LogP contribution in [0.3, 0.4) is 0 Å². The van der Waals surface area contributed by atoms with Crippen LogP contribution in [0.5, 0.6) is 0 Å². The number of amidine groups is 1. The second-order valence-corrected chi connectivity index (χ2v) is 2.06. The van der Waals surface area contributed by atoms with E-state index >= 15 is 0 Å². The molecule has 5 heteroatoms. The molecule has 1 N–H and O–H groups in total. The van der Waals surface area contributed by atoms with E-state index in [2.05, 4.69) is 15.5 Å². The minimum Gasteiger partial charge on any atom is -0.761 e. The molecule has 0 amide bonds. The SMILES string of the molecule is [N-]=C=C(N=O)C1=NCCCN1. The Morgan fingerprint density at radius 1 is 1.82 bits per heavy atom. The van der Waals surface area contributed by atoms with Crippen LogP contribution >= 0.6 is 0 Å². The van der Waals surface area contributed by atoms with Gasteiger partial charge in [0.1, 0.15) is 0 Å². The van der Waals surface area contributed by atoms with Crippen molar-refractivity contribution in [3.8, 4) is 0 Å². The average molecular weight is 151 g/mol. The molecule has 0 atom stereocenters. The summed E-state index contributed by atoms with van der Waals surface area (Å²) in [5.41, 5.74) is -0.162. The van der Waals surface area contributed by atoms with Crippen LogP contribution in [0.1, 0.15) is 6.42 Å². The Labute approximate surface area is 63.7 Å². The zero-order valence-corrected chi connectivity index (χ0v) is 5.87. The van der Waals surface area contributed by atoms with Crippen molar-refractivity contribution in [3.05, 3.63) is 16.0 Å². The summed E-state index contributed by atoms with van der Waals surface area (Å²) in [6.45, 7) is 1.41. The van der Waals surface area contributed by atoms with Gasteiger partial charge < -0.3 is 10.7 Å². The Bertz CT molecular complexity index is 239. The molecule has 5 nitrogen and oxygen atoms in total. The third kappa shape index (κ3) is 1.72. The molecule has 11 heavy (non-hydrogen) atoms. The number of aliphatic imine (C=N–C) groups is 1. The normalized spacial score (nSPS) is 15.8. The van der Waals surface area contributed by atoms with Gasteiger partial charge in [0, 0.05) is 13.1 Å². The molecule has 1 heterocycles. The number of hydrogen-bond acceptors (Lipinski definition) is 4. The standard InChI is InChI=1S/C6H7N4O/c7-4-5(10-11)6-8-2-1-3-9-6/h1-3H2,(H,8,9)/q-1. The van der Waals surface area contributed by atoms with E-state index in [-0.39, 0.29) is 5.70 Å². The summed E-state index contributed by atoms with van der Waals surface area (Å²) in [6.07, 6.45) is 0.932. The van der Waals surface area contributed by atoms with Crippen LogP contribution < -0.4 is 5.32 Å². The summed E-state index contributed by atoms with van der Waals surface area (Å²) in [7, 11) is 0. The maximum atomic E-state index is 10.0. The molecule has 0 saturated heterocycles. The first-order valence-corrected chi connectivity index (χ1v) is 3.27. The first-order valence-electron chi connectivity index (χ1n) is 3.27. The van der Waals surface area contributed by atoms with Gasteiger partial charge in [-0.2, -0.15) is 0 Å². The molecule has 0 spiro atoms. The van der Waals surface area contributed by atoms with E-state index in [1.807, 2.05) is 0 Å². The van der Waals surface area contributed by atoms with Gasteiger partial charge in [0.25, 0.3) is 0 Å². The lowest BCUT2D eigenvalue weighted by Crippen LogP contribution is -2.30. The first-order chi connectivity index (χ1) is 5.38. The molecule has 1 aliphatic rings. The summed E-state index contributed by atoms with van der Waals surface area (Å²) < 4.78 is 0. The third-order valence-electron chi connectivity index (χ3n) is 1.32. The monoisotopic (exact) mass is 151 g/mol. The van der Waals surface area contributed by atoms with Gasteiger partial charge in [-0.25, -0.2) is 5.87 Å². The summed E-state index contributed by atoms with van der Waals surface area (Å²) >= 11 is 0. The van der Waals surface area contributed by atoms with Crippen LogP contribution in [0.4, 0.5) is 0 Å². The zero-order chi connectivity index (χ0) is 8.10. The molecule has 1 rings (SSSR count). The lowest BCUT2D eigenvalue weighted by Gasteiger charge is -2.12. The fourth-order valence-electron chi connectivity index (χ4n) is 0.808. The van der Waals surface area contributed by atoms with Crippen molar-refractivity contribution >= 4 is 11.7 Å². The quantitative estimate of drug-likeness (QED) is 0.454. The fourth-order valence-corrected chi connectivity index (χ4v) is 0.808. The van der Waals surface area contributed by atoms with Crippen LogP contribution in [-0.2, 0) is 0 Å². The molecular weight excluding hydrogens is 144 g/mol. The maximum absolute atomic E-state index is 10.0. The Kier molecular flexibility index (Phi) is 2.52. The van der Waals surface area contributed by atoms with Gasteiger partial charge in [0.05, 0.1) is 0 Å². The minimum atomic E-state index is -0.162. The molecule has 58 valence electrons. The van der Waals surface area contributed by atoms with E-state index < -0.39 is 0 Å². The largest absolute Gasteiger partial charge is 0.761 e. The topological polar surface area (TPSA) is 76.1 Å². The lowest BCUT2D eigenvalue weighted by atomic mass is 10.3. The Balaban J connectivity index is 2.79. The maximum Gasteiger partial charge on any atom is 0.168 e. The number of nitrogens with zero attached hydrogens (tertiary/aromatic N) is 3. The molecular formula is C6H7N4O-. The van der Waals surface area contributed by atoms with E-state index in [0.717, 1.165) is 13.0 Å². The van der Waals surface area contributed by atoms with Crippen LogP contribution in [0, 0.1) is 4.91 Å². The molecule has 1 aliphatic heterocycles. The van der Waals surface area contributed by atoms with Crippen molar-refractivity contribution in [1.29, 1.82) is 0 Å². The van der Waals surface area contributed by atoms with Crippen molar-refractivity contribution in [2.24, 2.45) is 10.2 Å². The summed E-state index contributed by atoms with van der Waals surface area (Å²) in [5.74, 6) is 1.99. The van der Waals surface area contributed by atoms with Gasteiger partial charge in [-0.1, -0.05) is 0 Å². The fraction of sp³-hybridized carbons (Fsp3) is 0.500. The Morgan fingerprint density at radius 2 is 2.64 bits per heavy atom. The molecule has 0 unspecified atom stereocenters. The van der Waals surface area contributed by atoms with E-state index in [9.17, 15) is 4.91 Å². The summed E-state index contributed by atoms with van der Waals surface area (Å²) in [6, 6.07) is 0. The Hall–Kier alpha value is -1.48. The zero-order valence-electron chi connectivity index (χ0n) is 5.87. The number of nitroso groups, excluding NO2 is 1. The highest BCUT2D eigenvalue weighted by molar-refractivity contribution is 6.05. The van der Waals surface area contributed by atoms with Crippen molar-refractivity contribution in [1.82, 2.24) is 5.32 Å². The van der Waals surface area contributed by atoms with Gasteiger partial charge in [0.2, 0.25) is 0 Å².